The SMILES string of the molecule is CCCCC/C=C/C/C=C\CCCCCCCC(=O)OC[C@H](COP(=O)(O)OC[C@H](O)COP(=O)(O)OC[C@@H](COC(=O)CCCC)OC(=O)CCCCCCC/C=C\C/C=C/CCCCC)OC(=O)CCCCCCC/C=C\CCCCCCCC. The maximum Gasteiger partial charge on any atom is 0.472 e. The third kappa shape index (κ3) is 61.4. The van der Waals surface area contributed by atoms with Gasteiger partial charge in [0.1, 0.15) is 19.3 Å². The van der Waals surface area contributed by atoms with E-state index >= 15 is 0 Å². The predicted octanol–water partition coefficient (Wildman–Crippen LogP) is 18.4. The van der Waals surface area contributed by atoms with Crippen LogP contribution in [0.5, 0.6) is 0 Å². The van der Waals surface area contributed by atoms with Crippen molar-refractivity contribution in [1.82, 2.24) is 0 Å². The molecule has 0 rings (SSSR count). The number of aliphatic hydroxyl groups excluding tert-OH is 1. The van der Waals surface area contributed by atoms with Crippen LogP contribution in [0.2, 0.25) is 0 Å². The fraction of sp³-hybridized carbons (Fsp3) is 0.794. The quantitative estimate of drug-likeness (QED) is 0.0169. The minimum atomic E-state index is -4.96. The van der Waals surface area contributed by atoms with E-state index in [1.165, 1.54) is 77.0 Å². The van der Waals surface area contributed by atoms with E-state index in [9.17, 15) is 43.2 Å². The van der Waals surface area contributed by atoms with Gasteiger partial charge in [0.25, 0.3) is 0 Å². The van der Waals surface area contributed by atoms with Crippen molar-refractivity contribution in [2.75, 3.05) is 39.6 Å². The van der Waals surface area contributed by atoms with Gasteiger partial charge in [-0.1, -0.05) is 210 Å². The largest absolute Gasteiger partial charge is 0.472 e. The van der Waals surface area contributed by atoms with E-state index in [0.29, 0.717) is 25.7 Å². The Balaban J connectivity index is 5.14. The monoisotopic (exact) mass is 1270 g/mol. The Labute approximate surface area is 527 Å². The van der Waals surface area contributed by atoms with Crippen molar-refractivity contribution in [3.05, 3.63) is 60.8 Å². The molecule has 19 heteroatoms. The molecule has 0 aromatic carbocycles. The zero-order valence-corrected chi connectivity index (χ0v) is 56.5. The fourth-order valence-corrected chi connectivity index (χ4v) is 10.5. The van der Waals surface area contributed by atoms with Crippen molar-refractivity contribution in [3.63, 3.8) is 0 Å². The molecule has 0 aromatic heterocycles. The summed E-state index contributed by atoms with van der Waals surface area (Å²) in [4.78, 5) is 71.7. The van der Waals surface area contributed by atoms with Gasteiger partial charge < -0.3 is 33.8 Å². The molecule has 0 saturated carbocycles. The van der Waals surface area contributed by atoms with Crippen LogP contribution in [0.1, 0.15) is 291 Å². The Kier molecular flexibility index (Phi) is 59.3. The van der Waals surface area contributed by atoms with Crippen molar-refractivity contribution in [2.24, 2.45) is 0 Å². The molecule has 87 heavy (non-hydrogen) atoms. The standard InChI is InChI=1S/C68H122O17P2/c1-5-9-13-16-19-22-25-28-31-34-37-40-43-46-49-53-66(71)79-59-64(85-68(73)55-51-48-45-42-39-36-33-30-27-24-21-18-15-11-7-3)61-83-87(76,77)81-57-62(69)56-80-86(74,75)82-60-63(58-78-65(70)52-12-8-4)84-67(72)54-50-47-44-41-38-35-32-29-26-23-20-17-14-10-6-2/h19-20,22-23,28-33,62-64,69H,5-18,21,24-27,34-61H2,1-4H3,(H,74,75)(H,76,77)/b22-19+,23-20+,31-28-,32-29-,33-30-/t62-,63-,64-/m1/s1. The van der Waals surface area contributed by atoms with E-state index in [1.54, 1.807) is 0 Å². The van der Waals surface area contributed by atoms with Crippen LogP contribution in [0.3, 0.4) is 0 Å². The van der Waals surface area contributed by atoms with Gasteiger partial charge >= 0.3 is 39.5 Å². The molecule has 0 spiro atoms. The highest BCUT2D eigenvalue weighted by molar-refractivity contribution is 7.47. The Morgan fingerprint density at radius 1 is 0.322 bits per heavy atom. The third-order valence-corrected chi connectivity index (χ3v) is 16.1. The Hall–Kier alpha value is -3.24. The highest BCUT2D eigenvalue weighted by Gasteiger charge is 2.30. The second kappa shape index (κ2) is 61.6. The normalized spacial score (nSPS) is 14.5. The summed E-state index contributed by atoms with van der Waals surface area (Å²) in [7, 11) is -9.90. The first-order valence-corrected chi connectivity index (χ1v) is 37.0. The molecule has 0 fully saturated rings. The number of phosphoric ester groups is 2. The third-order valence-electron chi connectivity index (χ3n) is 14.2. The van der Waals surface area contributed by atoms with E-state index in [4.69, 9.17) is 37.0 Å². The number of allylic oxidation sites excluding steroid dienone is 10. The van der Waals surface area contributed by atoms with Gasteiger partial charge in [-0.2, -0.15) is 0 Å². The van der Waals surface area contributed by atoms with Crippen LogP contribution in [0.25, 0.3) is 0 Å². The number of hydrogen-bond donors (Lipinski definition) is 3. The Morgan fingerprint density at radius 3 is 0.920 bits per heavy atom. The van der Waals surface area contributed by atoms with Gasteiger partial charge in [0.05, 0.1) is 26.4 Å². The molecule has 0 aliphatic rings. The summed E-state index contributed by atoms with van der Waals surface area (Å²) < 4.78 is 67.6. The second-order valence-corrected chi connectivity index (χ2v) is 25.7. The molecular weight excluding hydrogens is 1150 g/mol. The number of carbonyl (C=O) groups is 4. The van der Waals surface area contributed by atoms with Crippen LogP contribution < -0.4 is 0 Å². The fourth-order valence-electron chi connectivity index (χ4n) is 8.90. The van der Waals surface area contributed by atoms with Crippen LogP contribution in [-0.2, 0) is 65.4 Å². The van der Waals surface area contributed by atoms with Crippen LogP contribution in [0.4, 0.5) is 0 Å². The number of phosphoric acid groups is 2. The number of carbonyl (C=O) groups excluding carboxylic acids is 4. The Bertz CT molecular complexity index is 1900. The first-order valence-electron chi connectivity index (χ1n) is 34.0. The summed E-state index contributed by atoms with van der Waals surface area (Å²) >= 11 is 0. The van der Waals surface area contributed by atoms with Gasteiger partial charge in [0.15, 0.2) is 12.2 Å². The molecule has 3 N–H and O–H groups in total. The number of rotatable bonds is 64. The molecule has 0 aliphatic heterocycles. The lowest BCUT2D eigenvalue weighted by molar-refractivity contribution is -0.161. The number of aliphatic hydroxyl groups is 1. The molecule has 0 heterocycles. The van der Waals surface area contributed by atoms with Crippen molar-refractivity contribution < 1.29 is 80.2 Å². The highest BCUT2D eigenvalue weighted by atomic mass is 31.2. The van der Waals surface area contributed by atoms with Gasteiger partial charge in [0.2, 0.25) is 0 Å². The zero-order valence-electron chi connectivity index (χ0n) is 54.7. The lowest BCUT2D eigenvalue weighted by atomic mass is 10.1. The Morgan fingerprint density at radius 2 is 0.575 bits per heavy atom. The van der Waals surface area contributed by atoms with E-state index in [1.807, 2.05) is 6.92 Å². The van der Waals surface area contributed by atoms with Crippen LogP contribution in [0.15, 0.2) is 60.8 Å². The van der Waals surface area contributed by atoms with Crippen molar-refractivity contribution in [1.29, 1.82) is 0 Å². The van der Waals surface area contributed by atoms with Crippen molar-refractivity contribution in [2.45, 2.75) is 309 Å². The van der Waals surface area contributed by atoms with Gasteiger partial charge in [0, 0.05) is 25.7 Å². The molecule has 0 aliphatic carbocycles. The van der Waals surface area contributed by atoms with Crippen molar-refractivity contribution in [3.8, 4) is 0 Å². The first-order chi connectivity index (χ1) is 42.2. The minimum absolute atomic E-state index is 0.0806. The number of esters is 4. The molecule has 0 bridgehead atoms. The smallest absolute Gasteiger partial charge is 0.462 e. The summed E-state index contributed by atoms with van der Waals surface area (Å²) in [5.41, 5.74) is 0. The zero-order chi connectivity index (χ0) is 64.0. The molecule has 17 nitrogen and oxygen atoms in total. The highest BCUT2D eigenvalue weighted by Crippen LogP contribution is 2.45. The molecule has 0 radical (unpaired) electrons. The van der Waals surface area contributed by atoms with E-state index < -0.39 is 97.5 Å². The van der Waals surface area contributed by atoms with Gasteiger partial charge in [-0.05, 0) is 116 Å². The first kappa shape index (κ1) is 83.8. The maximum absolute atomic E-state index is 13.0. The average molecular weight is 1270 g/mol. The molecular formula is C68H122O17P2. The summed E-state index contributed by atoms with van der Waals surface area (Å²) in [5, 5.41) is 10.5. The van der Waals surface area contributed by atoms with Gasteiger partial charge in [-0.15, -0.1) is 0 Å². The van der Waals surface area contributed by atoms with E-state index in [-0.39, 0.29) is 25.7 Å². The lowest BCUT2D eigenvalue weighted by Crippen LogP contribution is -2.30. The maximum atomic E-state index is 13.0. The summed E-state index contributed by atoms with van der Waals surface area (Å²) in [6, 6.07) is 0. The molecule has 5 atom stereocenters. The molecule has 2 unspecified atom stereocenters. The average Bonchev–Trinajstić information content (AvgIpc) is 3.61. The van der Waals surface area contributed by atoms with E-state index in [0.717, 1.165) is 135 Å². The minimum Gasteiger partial charge on any atom is -0.462 e. The number of ether oxygens (including phenoxy) is 4. The summed E-state index contributed by atoms with van der Waals surface area (Å²) in [5.74, 6) is -2.24. The molecule has 0 saturated heterocycles. The molecule has 0 aromatic rings. The molecule has 506 valence electrons. The van der Waals surface area contributed by atoms with Crippen LogP contribution in [0, 0.1) is 0 Å². The van der Waals surface area contributed by atoms with Crippen molar-refractivity contribution >= 4 is 39.5 Å². The van der Waals surface area contributed by atoms with Crippen LogP contribution >= 0.6 is 15.6 Å². The second-order valence-electron chi connectivity index (χ2n) is 22.8. The number of unbranched alkanes of at least 4 members (excludes halogenated alkanes) is 28. The summed E-state index contributed by atoms with van der Waals surface area (Å²) in [6.45, 7) is 4.49. The molecule has 0 amide bonds. The lowest BCUT2D eigenvalue weighted by Gasteiger charge is -2.21. The van der Waals surface area contributed by atoms with Gasteiger partial charge in [-0.3, -0.25) is 37.3 Å². The van der Waals surface area contributed by atoms with Gasteiger partial charge in [-0.25, -0.2) is 9.13 Å². The topological polar surface area (TPSA) is 237 Å². The summed E-state index contributed by atoms with van der Waals surface area (Å²) in [6.07, 6.45) is 56.6. The van der Waals surface area contributed by atoms with Crippen LogP contribution in [-0.4, -0.2) is 96.7 Å². The number of hydrogen-bond acceptors (Lipinski definition) is 15. The van der Waals surface area contributed by atoms with E-state index in [2.05, 4.69) is 81.5 Å². The predicted molar refractivity (Wildman–Crippen MR) is 349 cm³/mol.